The molecule has 0 spiro atoms. The van der Waals surface area contributed by atoms with E-state index in [1.807, 2.05) is 42.6 Å². The number of benzene rings is 1. The summed E-state index contributed by atoms with van der Waals surface area (Å²) < 4.78 is 0. The van der Waals surface area contributed by atoms with Crippen molar-refractivity contribution in [2.75, 3.05) is 4.90 Å². The molecule has 0 radical (unpaired) electrons. The first kappa shape index (κ1) is 14.3. The first-order chi connectivity index (χ1) is 10.6. The van der Waals surface area contributed by atoms with Crippen molar-refractivity contribution in [2.24, 2.45) is 0 Å². The number of anilines is 2. The van der Waals surface area contributed by atoms with Gasteiger partial charge in [0.25, 0.3) is 5.91 Å². The fraction of sp³-hybridized carbons (Fsp3) is 0.125. The lowest BCUT2D eigenvalue weighted by molar-refractivity contribution is 0.0994. The van der Waals surface area contributed by atoms with Crippen molar-refractivity contribution >= 4 is 28.1 Å². The Kier molecular flexibility index (Phi) is 3.93. The second-order valence-corrected chi connectivity index (χ2v) is 5.57. The summed E-state index contributed by atoms with van der Waals surface area (Å²) in [7, 11) is 0. The average molecular weight is 310 g/mol. The molecule has 0 fully saturated rings. The predicted octanol–water partition coefficient (Wildman–Crippen LogP) is 3.53. The van der Waals surface area contributed by atoms with Crippen LogP contribution in [0.5, 0.6) is 0 Å². The van der Waals surface area contributed by atoms with Gasteiger partial charge < -0.3 is 0 Å². The number of nitrogens with zero attached hydrogens (tertiary/aromatic N) is 4. The fourth-order valence-corrected chi connectivity index (χ4v) is 2.84. The molecular formula is C16H14N4OS. The zero-order valence-electron chi connectivity index (χ0n) is 12.2. The molecule has 0 aliphatic rings. The maximum Gasteiger partial charge on any atom is 0.283 e. The van der Waals surface area contributed by atoms with Gasteiger partial charge in [-0.15, -0.1) is 11.3 Å². The summed E-state index contributed by atoms with van der Waals surface area (Å²) in [4.78, 5) is 27.2. The van der Waals surface area contributed by atoms with Crippen LogP contribution in [0.2, 0.25) is 0 Å². The van der Waals surface area contributed by atoms with Crippen molar-refractivity contribution in [1.82, 2.24) is 15.0 Å². The molecule has 0 bridgehead atoms. The lowest BCUT2D eigenvalue weighted by atomic mass is 10.2. The van der Waals surface area contributed by atoms with E-state index in [0.29, 0.717) is 16.6 Å². The van der Waals surface area contributed by atoms with Crippen molar-refractivity contribution in [2.45, 2.75) is 13.8 Å². The Hall–Kier alpha value is -2.60. The number of hydrogen-bond acceptors (Lipinski definition) is 5. The number of para-hydroxylation sites is 1. The number of rotatable bonds is 3. The van der Waals surface area contributed by atoms with E-state index in [-0.39, 0.29) is 5.91 Å². The van der Waals surface area contributed by atoms with Crippen molar-refractivity contribution < 1.29 is 4.79 Å². The van der Waals surface area contributed by atoms with Gasteiger partial charge in [0.2, 0.25) is 0 Å². The van der Waals surface area contributed by atoms with Gasteiger partial charge in [0, 0.05) is 11.6 Å². The number of aryl methyl sites for hydroxylation is 2. The highest BCUT2D eigenvalue weighted by Crippen LogP contribution is 2.29. The lowest BCUT2D eigenvalue weighted by Crippen LogP contribution is -2.27. The van der Waals surface area contributed by atoms with Crippen LogP contribution < -0.4 is 4.90 Å². The zero-order chi connectivity index (χ0) is 15.5. The number of hydrogen-bond donors (Lipinski definition) is 0. The van der Waals surface area contributed by atoms with Crippen LogP contribution in [0.1, 0.15) is 22.0 Å². The van der Waals surface area contributed by atoms with Crippen LogP contribution in [0, 0.1) is 13.8 Å². The largest absolute Gasteiger partial charge is 0.283 e. The smallest absolute Gasteiger partial charge is 0.266 e. The highest BCUT2D eigenvalue weighted by Gasteiger charge is 2.23. The Labute approximate surface area is 132 Å². The third kappa shape index (κ3) is 2.87. The summed E-state index contributed by atoms with van der Waals surface area (Å²) in [5.74, 6) is 0.347. The number of carbonyl (C=O) groups is 1. The normalized spacial score (nSPS) is 10.5. The number of aromatic nitrogens is 3. The highest BCUT2D eigenvalue weighted by molar-refractivity contribution is 7.14. The lowest BCUT2D eigenvalue weighted by Gasteiger charge is -2.19. The molecule has 0 aliphatic heterocycles. The number of thiazole rings is 1. The predicted molar refractivity (Wildman–Crippen MR) is 86.5 cm³/mol. The van der Waals surface area contributed by atoms with Crippen LogP contribution in [0.25, 0.3) is 0 Å². The SMILES string of the molecule is Cc1csc(N(C(=O)c2ccnc(C)n2)c2ccccc2)n1. The third-order valence-corrected chi connectivity index (χ3v) is 3.95. The van der Waals surface area contributed by atoms with E-state index in [1.54, 1.807) is 24.1 Å². The molecule has 5 nitrogen and oxygen atoms in total. The van der Waals surface area contributed by atoms with Crippen molar-refractivity contribution in [3.05, 3.63) is 65.2 Å². The van der Waals surface area contributed by atoms with Crippen LogP contribution in [0.4, 0.5) is 10.8 Å². The van der Waals surface area contributed by atoms with Crippen molar-refractivity contribution in [3.8, 4) is 0 Å². The second-order valence-electron chi connectivity index (χ2n) is 4.74. The molecule has 110 valence electrons. The first-order valence-electron chi connectivity index (χ1n) is 6.76. The number of carbonyl (C=O) groups excluding carboxylic acids is 1. The second kappa shape index (κ2) is 6.03. The summed E-state index contributed by atoms with van der Waals surface area (Å²) >= 11 is 1.43. The van der Waals surface area contributed by atoms with E-state index in [9.17, 15) is 4.79 Å². The molecule has 0 N–H and O–H groups in total. The van der Waals surface area contributed by atoms with Gasteiger partial charge in [-0.25, -0.2) is 15.0 Å². The van der Waals surface area contributed by atoms with Gasteiger partial charge in [-0.2, -0.15) is 0 Å². The maximum atomic E-state index is 12.9. The van der Waals surface area contributed by atoms with Crippen molar-refractivity contribution in [3.63, 3.8) is 0 Å². The minimum atomic E-state index is -0.217. The first-order valence-corrected chi connectivity index (χ1v) is 7.64. The van der Waals surface area contributed by atoms with Crippen LogP contribution in [0.15, 0.2) is 48.0 Å². The summed E-state index contributed by atoms with van der Waals surface area (Å²) in [6.07, 6.45) is 1.59. The molecule has 6 heteroatoms. The number of amides is 1. The van der Waals surface area contributed by atoms with Gasteiger partial charge in [-0.1, -0.05) is 18.2 Å². The fourth-order valence-electron chi connectivity index (χ4n) is 2.03. The molecule has 1 amide bonds. The molecular weight excluding hydrogens is 296 g/mol. The molecule has 0 atom stereocenters. The minimum Gasteiger partial charge on any atom is -0.266 e. The Bertz CT molecular complexity index is 801. The minimum absolute atomic E-state index is 0.217. The summed E-state index contributed by atoms with van der Waals surface area (Å²) in [5, 5.41) is 2.55. The highest BCUT2D eigenvalue weighted by atomic mass is 32.1. The van der Waals surface area contributed by atoms with Crippen LogP contribution in [-0.2, 0) is 0 Å². The zero-order valence-corrected chi connectivity index (χ0v) is 13.0. The van der Waals surface area contributed by atoms with Crippen LogP contribution in [0.3, 0.4) is 0 Å². The van der Waals surface area contributed by atoms with Gasteiger partial charge in [0.15, 0.2) is 5.13 Å². The summed E-state index contributed by atoms with van der Waals surface area (Å²) in [6, 6.07) is 11.1. The average Bonchev–Trinajstić information content (AvgIpc) is 2.94. The van der Waals surface area contributed by atoms with Gasteiger partial charge in [-0.05, 0) is 32.0 Å². The van der Waals surface area contributed by atoms with Gasteiger partial charge in [-0.3, -0.25) is 9.69 Å². The van der Waals surface area contributed by atoms with Crippen molar-refractivity contribution in [1.29, 1.82) is 0 Å². The Morgan fingerprint density at radius 2 is 1.86 bits per heavy atom. The molecule has 3 aromatic rings. The molecule has 22 heavy (non-hydrogen) atoms. The Balaban J connectivity index is 2.08. The summed E-state index contributed by atoms with van der Waals surface area (Å²) in [6.45, 7) is 3.67. The van der Waals surface area contributed by atoms with Gasteiger partial charge in [0.05, 0.1) is 11.4 Å². The quantitative estimate of drug-likeness (QED) is 0.742. The summed E-state index contributed by atoms with van der Waals surface area (Å²) in [5.41, 5.74) is 2.00. The van der Waals surface area contributed by atoms with Gasteiger partial charge >= 0.3 is 0 Å². The standard InChI is InChI=1S/C16H14N4OS/c1-11-10-22-16(18-11)20(13-6-4-3-5-7-13)15(21)14-8-9-17-12(2)19-14/h3-10H,1-2H3. The molecule has 0 aliphatic carbocycles. The van der Waals surface area contributed by atoms with Gasteiger partial charge in [0.1, 0.15) is 11.5 Å². The monoisotopic (exact) mass is 310 g/mol. The van der Waals surface area contributed by atoms with Crippen LogP contribution >= 0.6 is 11.3 Å². The molecule has 1 aromatic carbocycles. The molecule has 3 rings (SSSR count). The van der Waals surface area contributed by atoms with E-state index in [1.165, 1.54) is 11.3 Å². The Morgan fingerprint density at radius 1 is 1.09 bits per heavy atom. The third-order valence-electron chi connectivity index (χ3n) is 3.01. The van der Waals surface area contributed by atoms with E-state index < -0.39 is 0 Å². The topological polar surface area (TPSA) is 59.0 Å². The molecule has 0 unspecified atom stereocenters. The molecule has 0 saturated heterocycles. The van der Waals surface area contributed by atoms with E-state index >= 15 is 0 Å². The molecule has 0 saturated carbocycles. The van der Waals surface area contributed by atoms with E-state index in [2.05, 4.69) is 15.0 Å². The van der Waals surface area contributed by atoms with E-state index in [0.717, 1.165) is 11.4 Å². The maximum absolute atomic E-state index is 12.9. The molecule has 2 aromatic heterocycles. The molecule has 2 heterocycles. The Morgan fingerprint density at radius 3 is 2.50 bits per heavy atom. The van der Waals surface area contributed by atoms with Crippen LogP contribution in [-0.4, -0.2) is 20.9 Å². The van der Waals surface area contributed by atoms with E-state index in [4.69, 9.17) is 0 Å².